The summed E-state index contributed by atoms with van der Waals surface area (Å²) >= 11 is 1.59. The quantitative estimate of drug-likeness (QED) is 0.603. The monoisotopic (exact) mass is 248 g/mol. The third kappa shape index (κ3) is 3.37. The van der Waals surface area contributed by atoms with Gasteiger partial charge in [0.2, 0.25) is 0 Å². The minimum Gasteiger partial charge on any atom is -0.461 e. The van der Waals surface area contributed by atoms with Crippen molar-refractivity contribution in [2.75, 3.05) is 0 Å². The SMILES string of the molecule is C=C(C)C[C@H]1CC(Sc2ccccc2)C(=O)O1. The van der Waals surface area contributed by atoms with Crippen LogP contribution in [0.4, 0.5) is 0 Å². The van der Waals surface area contributed by atoms with Gasteiger partial charge >= 0.3 is 5.97 Å². The highest BCUT2D eigenvalue weighted by Crippen LogP contribution is 2.33. The maximum atomic E-state index is 11.7. The Morgan fingerprint density at radius 2 is 2.18 bits per heavy atom. The number of ether oxygens (including phenoxy) is 1. The van der Waals surface area contributed by atoms with Crippen LogP contribution < -0.4 is 0 Å². The summed E-state index contributed by atoms with van der Waals surface area (Å²) in [6.07, 6.45) is 1.57. The highest BCUT2D eigenvalue weighted by molar-refractivity contribution is 8.00. The molecule has 2 atom stereocenters. The zero-order valence-electron chi connectivity index (χ0n) is 9.89. The van der Waals surface area contributed by atoms with E-state index >= 15 is 0 Å². The lowest BCUT2D eigenvalue weighted by Gasteiger charge is -2.07. The second-order valence-electron chi connectivity index (χ2n) is 4.38. The first-order valence-electron chi connectivity index (χ1n) is 5.71. The molecule has 2 nitrogen and oxygen atoms in total. The third-order valence-electron chi connectivity index (χ3n) is 2.62. The summed E-state index contributed by atoms with van der Waals surface area (Å²) in [6, 6.07) is 9.97. The number of carbonyl (C=O) groups excluding carboxylic acids is 1. The molecule has 1 aromatic carbocycles. The van der Waals surface area contributed by atoms with Gasteiger partial charge in [-0.3, -0.25) is 4.79 Å². The van der Waals surface area contributed by atoms with E-state index in [4.69, 9.17) is 4.74 Å². The first kappa shape index (κ1) is 12.2. The maximum Gasteiger partial charge on any atom is 0.319 e. The van der Waals surface area contributed by atoms with E-state index in [0.29, 0.717) is 0 Å². The fourth-order valence-electron chi connectivity index (χ4n) is 1.90. The summed E-state index contributed by atoms with van der Waals surface area (Å²) in [5.74, 6) is -0.0925. The van der Waals surface area contributed by atoms with Gasteiger partial charge < -0.3 is 4.74 Å². The largest absolute Gasteiger partial charge is 0.461 e. The molecular formula is C14H16O2S. The lowest BCUT2D eigenvalue weighted by Crippen LogP contribution is -2.09. The molecule has 1 aliphatic rings. The Bertz CT molecular complexity index is 413. The number of thioether (sulfide) groups is 1. The second kappa shape index (κ2) is 5.41. The van der Waals surface area contributed by atoms with Crippen molar-refractivity contribution in [3.63, 3.8) is 0 Å². The van der Waals surface area contributed by atoms with Crippen molar-refractivity contribution >= 4 is 17.7 Å². The normalized spacial score (nSPS) is 23.5. The molecule has 0 aliphatic carbocycles. The van der Waals surface area contributed by atoms with E-state index in [1.54, 1.807) is 11.8 Å². The lowest BCUT2D eigenvalue weighted by molar-refractivity contribution is -0.140. The Morgan fingerprint density at radius 3 is 2.82 bits per heavy atom. The van der Waals surface area contributed by atoms with Crippen LogP contribution in [-0.2, 0) is 9.53 Å². The maximum absolute atomic E-state index is 11.7. The third-order valence-corrected chi connectivity index (χ3v) is 3.83. The number of hydrogen-bond donors (Lipinski definition) is 0. The zero-order chi connectivity index (χ0) is 12.3. The van der Waals surface area contributed by atoms with Crippen molar-refractivity contribution in [3.8, 4) is 0 Å². The molecule has 0 radical (unpaired) electrons. The van der Waals surface area contributed by atoms with Crippen LogP contribution in [0.1, 0.15) is 19.8 Å². The topological polar surface area (TPSA) is 26.3 Å². The first-order valence-corrected chi connectivity index (χ1v) is 6.59. The summed E-state index contributed by atoms with van der Waals surface area (Å²) in [6.45, 7) is 5.82. The van der Waals surface area contributed by atoms with E-state index in [1.165, 1.54) is 0 Å². The van der Waals surface area contributed by atoms with Crippen LogP contribution >= 0.6 is 11.8 Å². The Morgan fingerprint density at radius 1 is 1.47 bits per heavy atom. The summed E-state index contributed by atoms with van der Waals surface area (Å²) in [5, 5.41) is -0.0678. The van der Waals surface area contributed by atoms with Crippen molar-refractivity contribution in [2.45, 2.75) is 36.0 Å². The van der Waals surface area contributed by atoms with Crippen LogP contribution in [0.25, 0.3) is 0 Å². The Balaban J connectivity index is 1.95. The molecule has 0 saturated carbocycles. The molecular weight excluding hydrogens is 232 g/mol. The van der Waals surface area contributed by atoms with Gasteiger partial charge in [-0.05, 0) is 19.1 Å². The van der Waals surface area contributed by atoms with E-state index < -0.39 is 0 Å². The van der Waals surface area contributed by atoms with Gasteiger partial charge in [0.25, 0.3) is 0 Å². The zero-order valence-corrected chi connectivity index (χ0v) is 10.7. The molecule has 0 amide bonds. The average molecular weight is 248 g/mol. The molecule has 0 aromatic heterocycles. The Labute approximate surface area is 106 Å². The van der Waals surface area contributed by atoms with Crippen molar-refractivity contribution in [1.29, 1.82) is 0 Å². The number of hydrogen-bond acceptors (Lipinski definition) is 3. The van der Waals surface area contributed by atoms with Crippen LogP contribution in [-0.4, -0.2) is 17.3 Å². The van der Waals surface area contributed by atoms with Crippen molar-refractivity contribution < 1.29 is 9.53 Å². The Kier molecular flexibility index (Phi) is 3.89. The van der Waals surface area contributed by atoms with E-state index in [2.05, 4.69) is 6.58 Å². The first-order chi connectivity index (χ1) is 8.15. The fourth-order valence-corrected chi connectivity index (χ4v) is 3.00. The molecule has 0 N–H and O–H groups in total. The predicted octanol–water partition coefficient (Wildman–Crippen LogP) is 3.43. The molecule has 1 aliphatic heterocycles. The van der Waals surface area contributed by atoms with Gasteiger partial charge in [-0.1, -0.05) is 23.8 Å². The van der Waals surface area contributed by atoms with Gasteiger partial charge in [-0.15, -0.1) is 18.3 Å². The summed E-state index contributed by atoms with van der Waals surface area (Å²) in [4.78, 5) is 12.8. The van der Waals surface area contributed by atoms with Gasteiger partial charge in [-0.2, -0.15) is 0 Å². The van der Waals surface area contributed by atoms with Crippen LogP contribution in [0.2, 0.25) is 0 Å². The van der Waals surface area contributed by atoms with E-state index in [9.17, 15) is 4.79 Å². The van der Waals surface area contributed by atoms with Crippen LogP contribution in [0.5, 0.6) is 0 Å². The smallest absolute Gasteiger partial charge is 0.319 e. The highest BCUT2D eigenvalue weighted by atomic mass is 32.2. The van der Waals surface area contributed by atoms with Crippen LogP contribution in [0, 0.1) is 0 Å². The molecule has 2 rings (SSSR count). The number of cyclic esters (lactones) is 1. The van der Waals surface area contributed by atoms with E-state index in [1.807, 2.05) is 37.3 Å². The van der Waals surface area contributed by atoms with Crippen molar-refractivity contribution in [3.05, 3.63) is 42.5 Å². The minimum atomic E-state index is -0.0925. The van der Waals surface area contributed by atoms with Crippen molar-refractivity contribution in [1.82, 2.24) is 0 Å². The van der Waals surface area contributed by atoms with Gasteiger partial charge in [0.15, 0.2) is 0 Å². The summed E-state index contributed by atoms with van der Waals surface area (Å²) in [7, 11) is 0. The lowest BCUT2D eigenvalue weighted by atomic mass is 10.1. The van der Waals surface area contributed by atoms with Crippen LogP contribution in [0.3, 0.4) is 0 Å². The molecule has 1 saturated heterocycles. The van der Waals surface area contributed by atoms with Gasteiger partial charge in [0, 0.05) is 17.7 Å². The molecule has 1 fully saturated rings. The number of carbonyl (C=O) groups is 1. The van der Waals surface area contributed by atoms with E-state index in [0.717, 1.165) is 23.3 Å². The van der Waals surface area contributed by atoms with Gasteiger partial charge in [0.05, 0.1) is 0 Å². The molecule has 1 aromatic rings. The Hall–Kier alpha value is -1.22. The van der Waals surface area contributed by atoms with E-state index in [-0.39, 0.29) is 17.3 Å². The fraction of sp³-hybridized carbons (Fsp3) is 0.357. The summed E-state index contributed by atoms with van der Waals surface area (Å²) in [5.41, 5.74) is 1.06. The van der Waals surface area contributed by atoms with Crippen LogP contribution in [0.15, 0.2) is 47.4 Å². The molecule has 1 heterocycles. The standard InChI is InChI=1S/C14H16O2S/c1-10(2)8-11-9-13(14(15)16-11)17-12-6-4-3-5-7-12/h3-7,11,13H,1,8-9H2,2H3/t11-,13?/m0/s1. The molecule has 3 heteroatoms. The minimum absolute atomic E-state index is 0.0150. The molecule has 1 unspecified atom stereocenters. The molecule has 0 bridgehead atoms. The number of rotatable bonds is 4. The number of esters is 1. The highest BCUT2D eigenvalue weighted by Gasteiger charge is 2.34. The second-order valence-corrected chi connectivity index (χ2v) is 5.65. The molecule has 17 heavy (non-hydrogen) atoms. The number of benzene rings is 1. The predicted molar refractivity (Wildman–Crippen MR) is 70.0 cm³/mol. The van der Waals surface area contributed by atoms with Gasteiger partial charge in [0.1, 0.15) is 11.4 Å². The van der Waals surface area contributed by atoms with Gasteiger partial charge in [-0.25, -0.2) is 0 Å². The summed E-state index contributed by atoms with van der Waals surface area (Å²) < 4.78 is 5.34. The average Bonchev–Trinajstić information content (AvgIpc) is 2.59. The van der Waals surface area contributed by atoms with Crippen molar-refractivity contribution in [2.24, 2.45) is 0 Å². The molecule has 0 spiro atoms. The molecule has 90 valence electrons.